The highest BCUT2D eigenvalue weighted by atomic mass is 16.5. The van der Waals surface area contributed by atoms with E-state index in [-0.39, 0.29) is 6.54 Å². The maximum absolute atomic E-state index is 12.2. The van der Waals surface area contributed by atoms with E-state index < -0.39 is 36.1 Å². The molecule has 150 valence electrons. The van der Waals surface area contributed by atoms with E-state index in [2.05, 4.69) is 10.6 Å². The number of carboxylic acids is 1. The van der Waals surface area contributed by atoms with Crippen LogP contribution < -0.4 is 21.0 Å². The van der Waals surface area contributed by atoms with Gasteiger partial charge in [0.05, 0.1) is 11.9 Å². The third-order valence-electron chi connectivity index (χ3n) is 4.19. The van der Waals surface area contributed by atoms with E-state index in [9.17, 15) is 19.2 Å². The molecule has 2 amide bonds. The summed E-state index contributed by atoms with van der Waals surface area (Å²) in [4.78, 5) is 46.0. The predicted octanol–water partition coefficient (Wildman–Crippen LogP) is 0.803. The van der Waals surface area contributed by atoms with E-state index >= 15 is 0 Å². The number of aliphatic carboxylic acids is 1. The molecule has 0 bridgehead atoms. The van der Waals surface area contributed by atoms with Gasteiger partial charge in [-0.1, -0.05) is 0 Å². The molecule has 2 aromatic rings. The molecule has 0 fully saturated rings. The number of hydrogen-bond donors (Lipinski definition) is 3. The standard InChI is InChI=1S/C19H22N2O7/c1-9-5-13(17-10(2)11(3)19(26)28-14(17)6-9)27-12(4)18(25)21-7-15(22)20-8-16(23)24/h5-6,12H,7-8H2,1-4H3,(H,20,22)(H,21,25)(H,23,24). The van der Waals surface area contributed by atoms with Crippen LogP contribution in [0, 0.1) is 20.8 Å². The lowest BCUT2D eigenvalue weighted by Gasteiger charge is -2.17. The molecular formula is C19H22N2O7. The van der Waals surface area contributed by atoms with Crippen LogP contribution in [-0.4, -0.2) is 42.1 Å². The minimum Gasteiger partial charge on any atom is -0.480 e. The van der Waals surface area contributed by atoms with E-state index in [1.807, 2.05) is 0 Å². The van der Waals surface area contributed by atoms with Gasteiger partial charge >= 0.3 is 11.6 Å². The van der Waals surface area contributed by atoms with Crippen LogP contribution in [-0.2, 0) is 14.4 Å². The first-order valence-corrected chi connectivity index (χ1v) is 8.57. The Morgan fingerprint density at radius 1 is 1.11 bits per heavy atom. The fraction of sp³-hybridized carbons (Fsp3) is 0.368. The van der Waals surface area contributed by atoms with Crippen LogP contribution in [0.3, 0.4) is 0 Å². The van der Waals surface area contributed by atoms with Crippen molar-refractivity contribution in [1.82, 2.24) is 10.6 Å². The minimum absolute atomic E-state index is 0.365. The van der Waals surface area contributed by atoms with Crippen LogP contribution >= 0.6 is 0 Å². The molecule has 28 heavy (non-hydrogen) atoms. The van der Waals surface area contributed by atoms with Crippen LogP contribution in [0.2, 0.25) is 0 Å². The first-order valence-electron chi connectivity index (χ1n) is 8.57. The number of carbonyl (C=O) groups excluding carboxylic acids is 2. The Hall–Kier alpha value is -3.36. The second-order valence-corrected chi connectivity index (χ2v) is 6.42. The van der Waals surface area contributed by atoms with Crippen molar-refractivity contribution in [3.05, 3.63) is 39.2 Å². The molecule has 2 rings (SSSR count). The summed E-state index contributed by atoms with van der Waals surface area (Å²) in [5, 5.41) is 13.6. The minimum atomic E-state index is -1.18. The molecule has 1 unspecified atom stereocenters. The number of aryl methyl sites for hydroxylation is 2. The average molecular weight is 390 g/mol. The summed E-state index contributed by atoms with van der Waals surface area (Å²) in [5.74, 6) is -1.97. The topological polar surface area (TPSA) is 135 Å². The lowest BCUT2D eigenvalue weighted by molar-refractivity contribution is -0.137. The van der Waals surface area contributed by atoms with E-state index in [1.165, 1.54) is 6.92 Å². The Kier molecular flexibility index (Phi) is 6.40. The second kappa shape index (κ2) is 8.55. The van der Waals surface area contributed by atoms with Crippen molar-refractivity contribution in [2.75, 3.05) is 13.1 Å². The molecule has 0 radical (unpaired) electrons. The highest BCUT2D eigenvalue weighted by Gasteiger charge is 2.19. The first kappa shape index (κ1) is 20.9. The molecule has 9 nitrogen and oxygen atoms in total. The van der Waals surface area contributed by atoms with Gasteiger partial charge in [-0.05, 0) is 51.0 Å². The van der Waals surface area contributed by atoms with Gasteiger partial charge in [-0.3, -0.25) is 14.4 Å². The number of carboxylic acid groups (broad SMARTS) is 1. The third kappa shape index (κ3) is 4.87. The molecule has 0 spiro atoms. The molecule has 0 saturated heterocycles. The monoisotopic (exact) mass is 390 g/mol. The Morgan fingerprint density at radius 2 is 1.79 bits per heavy atom. The largest absolute Gasteiger partial charge is 0.480 e. The molecule has 0 aliphatic heterocycles. The molecule has 1 atom stereocenters. The number of hydrogen-bond acceptors (Lipinski definition) is 6. The van der Waals surface area contributed by atoms with E-state index in [1.54, 1.807) is 32.9 Å². The smallest absolute Gasteiger partial charge is 0.339 e. The van der Waals surface area contributed by atoms with Crippen molar-refractivity contribution in [1.29, 1.82) is 0 Å². The molecule has 1 aromatic carbocycles. The van der Waals surface area contributed by atoms with Crippen LogP contribution in [0.1, 0.15) is 23.6 Å². The molecule has 9 heteroatoms. The third-order valence-corrected chi connectivity index (χ3v) is 4.19. The average Bonchev–Trinajstić information content (AvgIpc) is 2.61. The van der Waals surface area contributed by atoms with Crippen LogP contribution in [0.5, 0.6) is 5.75 Å². The zero-order valence-electron chi connectivity index (χ0n) is 16.0. The molecule has 0 saturated carbocycles. The number of nitrogens with one attached hydrogen (secondary N) is 2. The first-order chi connectivity index (χ1) is 13.1. The van der Waals surface area contributed by atoms with Crippen molar-refractivity contribution in [2.45, 2.75) is 33.8 Å². The fourth-order valence-corrected chi connectivity index (χ4v) is 2.57. The fourth-order valence-electron chi connectivity index (χ4n) is 2.57. The molecule has 1 heterocycles. The number of ether oxygens (including phenoxy) is 1. The number of carbonyl (C=O) groups is 3. The Balaban J connectivity index is 2.16. The summed E-state index contributed by atoms with van der Waals surface area (Å²) >= 11 is 0. The van der Waals surface area contributed by atoms with Gasteiger partial charge in [0.1, 0.15) is 17.9 Å². The van der Waals surface area contributed by atoms with Gasteiger partial charge in [0.25, 0.3) is 5.91 Å². The summed E-state index contributed by atoms with van der Waals surface area (Å²) in [6.45, 7) is 5.84. The van der Waals surface area contributed by atoms with Gasteiger partial charge < -0.3 is 24.9 Å². The van der Waals surface area contributed by atoms with Gasteiger partial charge in [-0.25, -0.2) is 4.79 Å². The lowest BCUT2D eigenvalue weighted by atomic mass is 10.0. The number of fused-ring (bicyclic) bond motifs is 1. The van der Waals surface area contributed by atoms with E-state index in [4.69, 9.17) is 14.3 Å². The van der Waals surface area contributed by atoms with Gasteiger partial charge in [-0.2, -0.15) is 0 Å². The van der Waals surface area contributed by atoms with Gasteiger partial charge in [0.15, 0.2) is 6.10 Å². The van der Waals surface area contributed by atoms with Crippen molar-refractivity contribution >= 4 is 28.8 Å². The Morgan fingerprint density at radius 3 is 2.43 bits per heavy atom. The summed E-state index contributed by atoms with van der Waals surface area (Å²) in [5.41, 5.74) is 1.87. The highest BCUT2D eigenvalue weighted by molar-refractivity contribution is 5.90. The predicted molar refractivity (Wildman–Crippen MR) is 100 cm³/mol. The highest BCUT2D eigenvalue weighted by Crippen LogP contribution is 2.31. The zero-order valence-corrected chi connectivity index (χ0v) is 16.0. The van der Waals surface area contributed by atoms with Crippen LogP contribution in [0.25, 0.3) is 11.0 Å². The van der Waals surface area contributed by atoms with Gasteiger partial charge in [-0.15, -0.1) is 0 Å². The number of rotatable bonds is 7. The lowest BCUT2D eigenvalue weighted by Crippen LogP contribution is -2.43. The van der Waals surface area contributed by atoms with Crippen molar-refractivity contribution < 1.29 is 28.6 Å². The quantitative estimate of drug-likeness (QED) is 0.595. The molecule has 1 aromatic heterocycles. The Bertz CT molecular complexity index is 994. The van der Waals surface area contributed by atoms with Gasteiger partial charge in [0.2, 0.25) is 5.91 Å². The molecule has 0 aliphatic carbocycles. The van der Waals surface area contributed by atoms with Crippen molar-refractivity contribution in [2.24, 2.45) is 0 Å². The number of benzene rings is 1. The number of amides is 2. The maximum atomic E-state index is 12.2. The SMILES string of the molecule is Cc1cc(OC(C)C(=O)NCC(=O)NCC(=O)O)c2c(C)c(C)c(=O)oc2c1. The van der Waals surface area contributed by atoms with Crippen molar-refractivity contribution in [3.8, 4) is 5.75 Å². The Labute approximate surface area is 160 Å². The molecular weight excluding hydrogens is 368 g/mol. The second-order valence-electron chi connectivity index (χ2n) is 6.42. The summed E-state index contributed by atoms with van der Waals surface area (Å²) in [6, 6.07) is 3.45. The van der Waals surface area contributed by atoms with Gasteiger partial charge in [0, 0.05) is 5.56 Å². The van der Waals surface area contributed by atoms with Crippen molar-refractivity contribution in [3.63, 3.8) is 0 Å². The normalized spacial score (nSPS) is 11.7. The summed E-state index contributed by atoms with van der Waals surface area (Å²) < 4.78 is 11.1. The summed E-state index contributed by atoms with van der Waals surface area (Å²) in [7, 11) is 0. The molecule has 0 aliphatic rings. The zero-order chi connectivity index (χ0) is 21.0. The van der Waals surface area contributed by atoms with Crippen LogP contribution in [0.4, 0.5) is 0 Å². The molecule has 3 N–H and O–H groups in total. The van der Waals surface area contributed by atoms with E-state index in [0.29, 0.717) is 27.8 Å². The van der Waals surface area contributed by atoms with E-state index in [0.717, 1.165) is 5.56 Å². The van der Waals surface area contributed by atoms with Crippen LogP contribution in [0.15, 0.2) is 21.3 Å². The summed E-state index contributed by atoms with van der Waals surface area (Å²) in [6.07, 6.45) is -0.941. The maximum Gasteiger partial charge on any atom is 0.339 e.